The van der Waals surface area contributed by atoms with Gasteiger partial charge in [-0.15, -0.1) is 0 Å². The molecule has 0 bridgehead atoms. The molecule has 0 radical (unpaired) electrons. The summed E-state index contributed by atoms with van der Waals surface area (Å²) in [7, 11) is 0. The molecule has 0 saturated carbocycles. The fourth-order valence-corrected chi connectivity index (χ4v) is 2.13. The van der Waals surface area contributed by atoms with E-state index in [0.717, 1.165) is 29.6 Å². The zero-order valence-corrected chi connectivity index (χ0v) is 11.7. The predicted octanol–water partition coefficient (Wildman–Crippen LogP) is 2.71. The molecule has 0 aliphatic heterocycles. The third-order valence-electron chi connectivity index (χ3n) is 3.07. The molecule has 2 rings (SSSR count). The molecule has 0 atom stereocenters. The molecule has 0 saturated heterocycles. The molecule has 1 aromatic carbocycles. The Morgan fingerprint density at radius 1 is 1.16 bits per heavy atom. The molecule has 0 amide bonds. The molecule has 0 fully saturated rings. The van der Waals surface area contributed by atoms with E-state index in [1.54, 1.807) is 0 Å². The maximum Gasteiger partial charge on any atom is 0.230 e. The van der Waals surface area contributed by atoms with Crippen LogP contribution in [0.5, 0.6) is 0 Å². The van der Waals surface area contributed by atoms with E-state index in [-0.39, 0.29) is 0 Å². The zero-order chi connectivity index (χ0) is 13.8. The average molecular weight is 256 g/mol. The Kier molecular flexibility index (Phi) is 4.12. The van der Waals surface area contributed by atoms with Crippen molar-refractivity contribution in [2.45, 2.75) is 27.3 Å². The van der Waals surface area contributed by atoms with Gasteiger partial charge in [-0.1, -0.05) is 18.2 Å². The molecule has 1 heterocycles. The van der Waals surface area contributed by atoms with Crippen molar-refractivity contribution < 1.29 is 0 Å². The average Bonchev–Trinajstić information content (AvgIpc) is 2.41. The van der Waals surface area contributed by atoms with E-state index in [0.29, 0.717) is 6.54 Å². The lowest BCUT2D eigenvalue weighted by Crippen LogP contribution is -2.21. The summed E-state index contributed by atoms with van der Waals surface area (Å²) in [4.78, 5) is 11.2. The fraction of sp³-hybridized carbons (Fsp3) is 0.333. The highest BCUT2D eigenvalue weighted by molar-refractivity contribution is 5.61. The second-order valence-corrected chi connectivity index (χ2v) is 4.54. The highest BCUT2D eigenvalue weighted by Gasteiger charge is 2.13. The van der Waals surface area contributed by atoms with Crippen LogP contribution in [0.4, 0.5) is 11.6 Å². The first-order valence-corrected chi connectivity index (χ1v) is 6.53. The largest absolute Gasteiger partial charge is 0.325 e. The van der Waals surface area contributed by atoms with Crippen LogP contribution < -0.4 is 10.6 Å². The molecule has 100 valence electrons. The van der Waals surface area contributed by atoms with Crippen LogP contribution in [0.3, 0.4) is 0 Å². The maximum atomic E-state index is 5.69. The number of nitrogens with two attached hydrogens (primary N) is 1. The Hall–Kier alpha value is -1.94. The number of anilines is 2. The minimum atomic E-state index is 0.432. The Bertz CT molecular complexity index is 566. The first-order valence-electron chi connectivity index (χ1n) is 6.53. The van der Waals surface area contributed by atoms with Crippen LogP contribution >= 0.6 is 0 Å². The Labute approximate surface area is 114 Å². The first kappa shape index (κ1) is 13.5. The van der Waals surface area contributed by atoms with Crippen molar-refractivity contribution in [3.05, 3.63) is 47.3 Å². The summed E-state index contributed by atoms with van der Waals surface area (Å²) in [6, 6.07) is 10.2. The van der Waals surface area contributed by atoms with Crippen LogP contribution in [-0.4, -0.2) is 16.5 Å². The topological polar surface area (TPSA) is 55.0 Å². The van der Waals surface area contributed by atoms with Gasteiger partial charge in [0, 0.05) is 24.5 Å². The number of nitrogens with zero attached hydrogens (tertiary/aromatic N) is 3. The third kappa shape index (κ3) is 2.90. The Morgan fingerprint density at radius 3 is 2.53 bits per heavy atom. The van der Waals surface area contributed by atoms with Gasteiger partial charge in [-0.2, -0.15) is 0 Å². The van der Waals surface area contributed by atoms with E-state index in [1.165, 1.54) is 5.56 Å². The molecule has 0 aliphatic carbocycles. The smallest absolute Gasteiger partial charge is 0.230 e. The minimum Gasteiger partial charge on any atom is -0.325 e. The van der Waals surface area contributed by atoms with E-state index in [2.05, 4.69) is 40.8 Å². The molecular formula is C15H20N4. The van der Waals surface area contributed by atoms with Crippen LogP contribution in [-0.2, 0) is 6.54 Å². The molecule has 4 nitrogen and oxygen atoms in total. The molecule has 4 heteroatoms. The lowest BCUT2D eigenvalue weighted by molar-refractivity contribution is 0.886. The molecule has 2 aromatic rings. The summed E-state index contributed by atoms with van der Waals surface area (Å²) >= 11 is 0. The van der Waals surface area contributed by atoms with Crippen molar-refractivity contribution in [1.82, 2.24) is 9.97 Å². The number of hydrogen-bond acceptors (Lipinski definition) is 4. The van der Waals surface area contributed by atoms with Crippen LogP contribution in [0, 0.1) is 13.8 Å². The van der Waals surface area contributed by atoms with Gasteiger partial charge in [0.1, 0.15) is 0 Å². The highest BCUT2D eigenvalue weighted by atomic mass is 15.3. The molecule has 1 aromatic heterocycles. The van der Waals surface area contributed by atoms with Crippen molar-refractivity contribution in [2.75, 3.05) is 11.4 Å². The van der Waals surface area contributed by atoms with Crippen LogP contribution in [0.2, 0.25) is 0 Å². The van der Waals surface area contributed by atoms with Crippen LogP contribution in [0.1, 0.15) is 23.9 Å². The molecule has 0 spiro atoms. The van der Waals surface area contributed by atoms with Gasteiger partial charge in [-0.05, 0) is 38.5 Å². The van der Waals surface area contributed by atoms with E-state index in [4.69, 9.17) is 5.73 Å². The van der Waals surface area contributed by atoms with Crippen molar-refractivity contribution in [2.24, 2.45) is 5.73 Å². The SMILES string of the molecule is CCN(c1nc(C)cc(CN)n1)c1ccccc1C. The van der Waals surface area contributed by atoms with Gasteiger partial charge < -0.3 is 10.6 Å². The standard InChI is InChI=1S/C15H20N4/c1-4-19(14-8-6-5-7-11(14)2)15-17-12(3)9-13(10-16)18-15/h5-9H,4,10,16H2,1-3H3. The predicted molar refractivity (Wildman–Crippen MR) is 78.5 cm³/mol. The first-order chi connectivity index (χ1) is 9.15. The minimum absolute atomic E-state index is 0.432. The fourth-order valence-electron chi connectivity index (χ4n) is 2.13. The molecule has 0 aliphatic rings. The Balaban J connectivity index is 2.48. The summed E-state index contributed by atoms with van der Waals surface area (Å²) in [6.45, 7) is 7.41. The van der Waals surface area contributed by atoms with Gasteiger partial charge in [0.2, 0.25) is 5.95 Å². The number of hydrogen-bond donors (Lipinski definition) is 1. The van der Waals surface area contributed by atoms with Crippen molar-refractivity contribution in [3.63, 3.8) is 0 Å². The van der Waals surface area contributed by atoms with Crippen molar-refractivity contribution in [3.8, 4) is 0 Å². The molecule has 19 heavy (non-hydrogen) atoms. The number of benzene rings is 1. The normalized spacial score (nSPS) is 10.5. The second kappa shape index (κ2) is 5.80. The number of para-hydroxylation sites is 1. The second-order valence-electron chi connectivity index (χ2n) is 4.54. The lowest BCUT2D eigenvalue weighted by Gasteiger charge is -2.23. The van der Waals surface area contributed by atoms with Crippen molar-refractivity contribution >= 4 is 11.6 Å². The van der Waals surface area contributed by atoms with Gasteiger partial charge in [0.05, 0.1) is 5.69 Å². The third-order valence-corrected chi connectivity index (χ3v) is 3.07. The van der Waals surface area contributed by atoms with Gasteiger partial charge >= 0.3 is 0 Å². The summed E-state index contributed by atoms with van der Waals surface area (Å²) in [5.74, 6) is 0.720. The van der Waals surface area contributed by atoms with E-state index < -0.39 is 0 Å². The zero-order valence-electron chi connectivity index (χ0n) is 11.7. The summed E-state index contributed by atoms with van der Waals surface area (Å²) in [5.41, 5.74) is 9.85. The van der Waals surface area contributed by atoms with E-state index >= 15 is 0 Å². The molecular weight excluding hydrogens is 236 g/mol. The quantitative estimate of drug-likeness (QED) is 0.913. The van der Waals surface area contributed by atoms with Gasteiger partial charge in [0.25, 0.3) is 0 Å². The molecule has 0 unspecified atom stereocenters. The number of aromatic nitrogens is 2. The highest BCUT2D eigenvalue weighted by Crippen LogP contribution is 2.25. The van der Waals surface area contributed by atoms with Crippen LogP contribution in [0.25, 0.3) is 0 Å². The van der Waals surface area contributed by atoms with Gasteiger partial charge in [-0.3, -0.25) is 0 Å². The van der Waals surface area contributed by atoms with Crippen LogP contribution in [0.15, 0.2) is 30.3 Å². The summed E-state index contributed by atoms with van der Waals surface area (Å²) in [6.07, 6.45) is 0. The van der Waals surface area contributed by atoms with E-state index in [9.17, 15) is 0 Å². The van der Waals surface area contributed by atoms with Gasteiger partial charge in [0.15, 0.2) is 0 Å². The number of rotatable bonds is 4. The maximum absolute atomic E-state index is 5.69. The van der Waals surface area contributed by atoms with Gasteiger partial charge in [-0.25, -0.2) is 9.97 Å². The monoisotopic (exact) mass is 256 g/mol. The summed E-state index contributed by atoms with van der Waals surface area (Å²) in [5, 5.41) is 0. The molecule has 2 N–H and O–H groups in total. The number of aryl methyl sites for hydroxylation is 2. The van der Waals surface area contributed by atoms with Crippen molar-refractivity contribution in [1.29, 1.82) is 0 Å². The van der Waals surface area contributed by atoms with E-state index in [1.807, 2.05) is 25.1 Å². The summed E-state index contributed by atoms with van der Waals surface area (Å²) < 4.78 is 0. The lowest BCUT2D eigenvalue weighted by atomic mass is 10.2. The Morgan fingerprint density at radius 2 is 1.89 bits per heavy atom.